The van der Waals surface area contributed by atoms with Crippen molar-refractivity contribution in [3.05, 3.63) is 53.5 Å². The molecule has 4 heteroatoms. The standard InChI is InChI=1S/C14H17N3O/c1-10-11(2)17-14(9-15-10)16-8-13(18)12-6-4-3-5-7-12/h3-7,9,13,18H,8H2,1-2H3,(H,16,17). The number of hydrogen-bond donors (Lipinski definition) is 2. The number of aliphatic hydroxyl groups is 1. The fourth-order valence-electron chi connectivity index (χ4n) is 1.62. The quantitative estimate of drug-likeness (QED) is 0.864. The summed E-state index contributed by atoms with van der Waals surface area (Å²) in [6, 6.07) is 9.55. The fraction of sp³-hybridized carbons (Fsp3) is 0.286. The summed E-state index contributed by atoms with van der Waals surface area (Å²) < 4.78 is 0. The minimum absolute atomic E-state index is 0.418. The molecule has 2 N–H and O–H groups in total. The van der Waals surface area contributed by atoms with E-state index in [2.05, 4.69) is 15.3 Å². The molecule has 0 radical (unpaired) electrons. The van der Waals surface area contributed by atoms with Crippen LogP contribution in [0.1, 0.15) is 23.1 Å². The molecule has 1 heterocycles. The van der Waals surface area contributed by atoms with Gasteiger partial charge >= 0.3 is 0 Å². The van der Waals surface area contributed by atoms with Gasteiger partial charge in [0.05, 0.1) is 23.7 Å². The van der Waals surface area contributed by atoms with E-state index in [-0.39, 0.29) is 0 Å². The summed E-state index contributed by atoms with van der Waals surface area (Å²) in [5, 5.41) is 13.1. The monoisotopic (exact) mass is 243 g/mol. The summed E-state index contributed by atoms with van der Waals surface area (Å²) in [7, 11) is 0. The normalized spacial score (nSPS) is 12.2. The average Bonchev–Trinajstić information content (AvgIpc) is 2.41. The highest BCUT2D eigenvalue weighted by molar-refractivity contribution is 5.34. The van der Waals surface area contributed by atoms with Crippen LogP contribution in [0.5, 0.6) is 0 Å². The summed E-state index contributed by atoms with van der Waals surface area (Å²) in [5.41, 5.74) is 2.71. The Morgan fingerprint density at radius 1 is 1.17 bits per heavy atom. The molecule has 0 saturated carbocycles. The Hall–Kier alpha value is -1.94. The van der Waals surface area contributed by atoms with Gasteiger partial charge in [0.1, 0.15) is 5.82 Å². The molecule has 0 aliphatic carbocycles. The van der Waals surface area contributed by atoms with Crippen molar-refractivity contribution < 1.29 is 5.11 Å². The topological polar surface area (TPSA) is 58.0 Å². The van der Waals surface area contributed by atoms with Gasteiger partial charge in [-0.1, -0.05) is 30.3 Å². The predicted octanol–water partition coefficient (Wildman–Crippen LogP) is 2.24. The average molecular weight is 243 g/mol. The number of aliphatic hydroxyl groups excluding tert-OH is 1. The van der Waals surface area contributed by atoms with E-state index in [9.17, 15) is 5.11 Å². The highest BCUT2D eigenvalue weighted by Gasteiger charge is 2.07. The Morgan fingerprint density at radius 3 is 2.56 bits per heavy atom. The number of aromatic nitrogens is 2. The maximum absolute atomic E-state index is 10.00. The van der Waals surface area contributed by atoms with Gasteiger partial charge in [-0.2, -0.15) is 0 Å². The van der Waals surface area contributed by atoms with E-state index >= 15 is 0 Å². The van der Waals surface area contributed by atoms with Crippen molar-refractivity contribution in [1.82, 2.24) is 9.97 Å². The van der Waals surface area contributed by atoms with Gasteiger partial charge in [0, 0.05) is 6.54 Å². The van der Waals surface area contributed by atoms with Gasteiger partial charge in [-0.3, -0.25) is 4.98 Å². The molecular weight excluding hydrogens is 226 g/mol. The van der Waals surface area contributed by atoms with Crippen molar-refractivity contribution in [2.75, 3.05) is 11.9 Å². The highest BCUT2D eigenvalue weighted by Crippen LogP contribution is 2.13. The summed E-state index contributed by atoms with van der Waals surface area (Å²) in [6.45, 7) is 4.26. The van der Waals surface area contributed by atoms with E-state index in [4.69, 9.17) is 0 Å². The van der Waals surface area contributed by atoms with Crippen LogP contribution in [-0.2, 0) is 0 Å². The summed E-state index contributed by atoms with van der Waals surface area (Å²) in [6.07, 6.45) is 1.13. The third kappa shape index (κ3) is 3.05. The lowest BCUT2D eigenvalue weighted by atomic mass is 10.1. The van der Waals surface area contributed by atoms with Gasteiger partial charge in [-0.25, -0.2) is 4.98 Å². The second-order valence-electron chi connectivity index (χ2n) is 4.23. The van der Waals surface area contributed by atoms with Crippen LogP contribution in [0.25, 0.3) is 0 Å². The van der Waals surface area contributed by atoms with Crippen LogP contribution >= 0.6 is 0 Å². The third-order valence-electron chi connectivity index (χ3n) is 2.85. The summed E-state index contributed by atoms with van der Waals surface area (Å²) >= 11 is 0. The molecule has 0 bridgehead atoms. The maximum atomic E-state index is 10.00. The number of nitrogens with one attached hydrogen (secondary N) is 1. The Labute approximate surface area is 107 Å². The van der Waals surface area contributed by atoms with Crippen molar-refractivity contribution >= 4 is 5.82 Å². The number of nitrogens with zero attached hydrogens (tertiary/aromatic N) is 2. The lowest BCUT2D eigenvalue weighted by Gasteiger charge is -2.12. The van der Waals surface area contributed by atoms with Crippen LogP contribution in [0.3, 0.4) is 0 Å². The molecule has 18 heavy (non-hydrogen) atoms. The fourth-order valence-corrected chi connectivity index (χ4v) is 1.62. The predicted molar refractivity (Wildman–Crippen MR) is 71.4 cm³/mol. The van der Waals surface area contributed by atoms with E-state index in [1.807, 2.05) is 44.2 Å². The second kappa shape index (κ2) is 5.60. The van der Waals surface area contributed by atoms with E-state index in [1.54, 1.807) is 6.20 Å². The first kappa shape index (κ1) is 12.5. The molecule has 4 nitrogen and oxygen atoms in total. The van der Waals surface area contributed by atoms with Crippen molar-refractivity contribution in [1.29, 1.82) is 0 Å². The number of anilines is 1. The van der Waals surface area contributed by atoms with E-state index < -0.39 is 6.10 Å². The lowest BCUT2D eigenvalue weighted by molar-refractivity contribution is 0.191. The Bertz CT molecular complexity index is 514. The van der Waals surface area contributed by atoms with Crippen LogP contribution < -0.4 is 5.32 Å². The van der Waals surface area contributed by atoms with Gasteiger partial charge in [-0.05, 0) is 19.4 Å². The first-order valence-electron chi connectivity index (χ1n) is 5.94. The number of aryl methyl sites for hydroxylation is 2. The first-order chi connectivity index (χ1) is 8.66. The second-order valence-corrected chi connectivity index (χ2v) is 4.23. The smallest absolute Gasteiger partial charge is 0.144 e. The van der Waals surface area contributed by atoms with Gasteiger partial charge in [-0.15, -0.1) is 0 Å². The molecule has 0 fully saturated rings. The molecule has 1 unspecified atom stereocenters. The Balaban J connectivity index is 1.97. The van der Waals surface area contributed by atoms with Gasteiger partial charge in [0.2, 0.25) is 0 Å². The van der Waals surface area contributed by atoms with Crippen molar-refractivity contribution in [3.8, 4) is 0 Å². The van der Waals surface area contributed by atoms with E-state index in [1.165, 1.54) is 0 Å². The molecule has 94 valence electrons. The summed E-state index contributed by atoms with van der Waals surface area (Å²) in [4.78, 5) is 8.58. The van der Waals surface area contributed by atoms with Crippen LogP contribution in [0, 0.1) is 13.8 Å². The molecule has 2 aromatic rings. The van der Waals surface area contributed by atoms with Crippen molar-refractivity contribution in [2.24, 2.45) is 0 Å². The molecule has 1 aromatic carbocycles. The zero-order chi connectivity index (χ0) is 13.0. The lowest BCUT2D eigenvalue weighted by Crippen LogP contribution is -2.13. The summed E-state index contributed by atoms with van der Waals surface area (Å²) in [5.74, 6) is 0.688. The molecule has 0 aliphatic rings. The van der Waals surface area contributed by atoms with Crippen LogP contribution in [0.4, 0.5) is 5.82 Å². The van der Waals surface area contributed by atoms with Crippen LogP contribution in [0.2, 0.25) is 0 Å². The number of rotatable bonds is 4. The molecule has 1 atom stereocenters. The van der Waals surface area contributed by atoms with Crippen molar-refractivity contribution in [2.45, 2.75) is 20.0 Å². The van der Waals surface area contributed by atoms with Gasteiger partial charge in [0.15, 0.2) is 0 Å². The maximum Gasteiger partial charge on any atom is 0.144 e. The Kier molecular flexibility index (Phi) is 3.89. The van der Waals surface area contributed by atoms with Crippen LogP contribution in [-0.4, -0.2) is 21.6 Å². The van der Waals surface area contributed by atoms with Gasteiger partial charge < -0.3 is 10.4 Å². The zero-order valence-electron chi connectivity index (χ0n) is 10.6. The zero-order valence-corrected chi connectivity index (χ0v) is 10.6. The third-order valence-corrected chi connectivity index (χ3v) is 2.85. The molecule has 0 aliphatic heterocycles. The van der Waals surface area contributed by atoms with Crippen LogP contribution in [0.15, 0.2) is 36.5 Å². The number of hydrogen-bond acceptors (Lipinski definition) is 4. The molecule has 2 rings (SSSR count). The SMILES string of the molecule is Cc1ncc(NCC(O)c2ccccc2)nc1C. The highest BCUT2D eigenvalue weighted by atomic mass is 16.3. The molecule has 1 aromatic heterocycles. The molecular formula is C14H17N3O. The molecule has 0 amide bonds. The molecule has 0 spiro atoms. The Morgan fingerprint density at radius 2 is 1.89 bits per heavy atom. The number of benzene rings is 1. The minimum atomic E-state index is -0.547. The first-order valence-corrected chi connectivity index (χ1v) is 5.94. The van der Waals surface area contributed by atoms with Gasteiger partial charge in [0.25, 0.3) is 0 Å². The molecule has 0 saturated heterocycles. The van der Waals surface area contributed by atoms with E-state index in [0.29, 0.717) is 12.4 Å². The van der Waals surface area contributed by atoms with E-state index in [0.717, 1.165) is 17.0 Å². The largest absolute Gasteiger partial charge is 0.387 e. The van der Waals surface area contributed by atoms with Crippen molar-refractivity contribution in [3.63, 3.8) is 0 Å². The minimum Gasteiger partial charge on any atom is -0.387 e.